The second-order valence-corrected chi connectivity index (χ2v) is 8.04. The molecule has 1 amide bonds. The minimum Gasteiger partial charge on any atom is -0.311 e. The predicted octanol–water partition coefficient (Wildman–Crippen LogP) is 3.61. The van der Waals surface area contributed by atoms with E-state index in [2.05, 4.69) is 54.0 Å². The molecule has 0 N–H and O–H groups in total. The van der Waals surface area contributed by atoms with Gasteiger partial charge in [0.1, 0.15) is 0 Å². The lowest BCUT2D eigenvalue weighted by Crippen LogP contribution is -2.54. The quantitative estimate of drug-likeness (QED) is 0.782. The Morgan fingerprint density at radius 2 is 1.78 bits per heavy atom. The van der Waals surface area contributed by atoms with Gasteiger partial charge in [0.2, 0.25) is 5.91 Å². The molecule has 1 saturated carbocycles. The molecule has 1 heterocycles. The summed E-state index contributed by atoms with van der Waals surface area (Å²) in [7, 11) is 0. The summed E-state index contributed by atoms with van der Waals surface area (Å²) in [5.74, 6) is 1.15. The van der Waals surface area contributed by atoms with Crippen molar-refractivity contribution in [2.24, 2.45) is 5.92 Å². The van der Waals surface area contributed by atoms with E-state index in [1.54, 1.807) is 0 Å². The minimum atomic E-state index is -0.0769. The summed E-state index contributed by atoms with van der Waals surface area (Å²) in [5, 5.41) is 2.33. The maximum absolute atomic E-state index is 13.4. The number of benzene rings is 2. The van der Waals surface area contributed by atoms with Crippen LogP contribution in [-0.4, -0.2) is 61.0 Å². The topological polar surface area (TPSA) is 26.8 Å². The Hall–Kier alpha value is -1.91. The number of hydrogen-bond acceptors (Lipinski definition) is 3. The van der Waals surface area contributed by atoms with Crippen molar-refractivity contribution < 1.29 is 4.79 Å². The van der Waals surface area contributed by atoms with E-state index in [4.69, 9.17) is 0 Å². The van der Waals surface area contributed by atoms with E-state index in [1.165, 1.54) is 24.8 Å². The van der Waals surface area contributed by atoms with Gasteiger partial charge < -0.3 is 9.80 Å². The molecule has 4 rings (SSSR count). The lowest BCUT2D eigenvalue weighted by Gasteiger charge is -2.39. The molecule has 0 unspecified atom stereocenters. The van der Waals surface area contributed by atoms with Crippen molar-refractivity contribution in [2.45, 2.75) is 32.7 Å². The first-order valence-corrected chi connectivity index (χ1v) is 10.4. The first kappa shape index (κ1) is 18.5. The molecule has 4 heteroatoms. The Labute approximate surface area is 162 Å². The molecule has 0 aromatic heterocycles. The standard InChI is InChI=1S/C23H31N3O/c1-3-26(22-10-6-8-20-7-4-5-9-21(20)22)23(27)18(2)25-15-13-24(14-16-25)17-19-11-12-19/h4-10,18-19H,3,11-17H2,1-2H3/t18-/m0/s1. The van der Waals surface area contributed by atoms with Crippen molar-refractivity contribution in [1.29, 1.82) is 0 Å². The van der Waals surface area contributed by atoms with Gasteiger partial charge in [-0.3, -0.25) is 9.69 Å². The van der Waals surface area contributed by atoms with E-state index >= 15 is 0 Å². The molecule has 1 aliphatic carbocycles. The zero-order valence-corrected chi connectivity index (χ0v) is 16.6. The molecule has 0 radical (unpaired) electrons. The average molecular weight is 366 g/mol. The molecule has 2 aromatic carbocycles. The Bertz CT molecular complexity index is 788. The van der Waals surface area contributed by atoms with Gasteiger partial charge in [-0.25, -0.2) is 0 Å². The third-order valence-corrected chi connectivity index (χ3v) is 6.16. The van der Waals surface area contributed by atoms with Crippen LogP contribution in [0.4, 0.5) is 5.69 Å². The molecule has 2 aromatic rings. The zero-order chi connectivity index (χ0) is 18.8. The molecule has 1 saturated heterocycles. The van der Waals surface area contributed by atoms with Crippen molar-refractivity contribution in [1.82, 2.24) is 9.80 Å². The maximum Gasteiger partial charge on any atom is 0.244 e. The molecule has 0 bridgehead atoms. The normalized spacial score (nSPS) is 19.9. The van der Waals surface area contributed by atoms with Crippen molar-refractivity contribution in [3.8, 4) is 0 Å². The predicted molar refractivity (Wildman–Crippen MR) is 112 cm³/mol. The monoisotopic (exact) mass is 365 g/mol. The SMILES string of the molecule is CCN(C(=O)[C@H](C)N1CCN(CC2CC2)CC1)c1cccc2ccccc12. The molecule has 1 atom stereocenters. The van der Waals surface area contributed by atoms with Crippen LogP contribution in [-0.2, 0) is 4.79 Å². The highest BCUT2D eigenvalue weighted by molar-refractivity contribution is 6.05. The van der Waals surface area contributed by atoms with Crippen LogP contribution < -0.4 is 4.90 Å². The van der Waals surface area contributed by atoms with Gasteiger partial charge in [0.25, 0.3) is 0 Å². The summed E-state index contributed by atoms with van der Waals surface area (Å²) in [6.45, 7) is 10.3. The molecule has 2 aliphatic rings. The molecule has 1 aliphatic heterocycles. The number of rotatable bonds is 6. The number of fused-ring (bicyclic) bond motifs is 1. The number of nitrogens with zero attached hydrogens (tertiary/aromatic N) is 3. The Morgan fingerprint density at radius 3 is 2.48 bits per heavy atom. The van der Waals surface area contributed by atoms with Gasteiger partial charge in [0, 0.05) is 44.7 Å². The van der Waals surface area contributed by atoms with Crippen LogP contribution in [0.15, 0.2) is 42.5 Å². The molecule has 2 fully saturated rings. The van der Waals surface area contributed by atoms with Crippen molar-refractivity contribution in [2.75, 3.05) is 44.2 Å². The Balaban J connectivity index is 1.46. The summed E-state index contributed by atoms with van der Waals surface area (Å²) in [5.41, 5.74) is 1.03. The van der Waals surface area contributed by atoms with Crippen LogP contribution in [0.2, 0.25) is 0 Å². The van der Waals surface area contributed by atoms with Crippen LogP contribution in [0.3, 0.4) is 0 Å². The molecule has 144 valence electrons. The van der Waals surface area contributed by atoms with Crippen LogP contribution in [0.5, 0.6) is 0 Å². The van der Waals surface area contributed by atoms with E-state index in [0.29, 0.717) is 6.54 Å². The second-order valence-electron chi connectivity index (χ2n) is 8.04. The summed E-state index contributed by atoms with van der Waals surface area (Å²) >= 11 is 0. The first-order chi connectivity index (χ1) is 13.2. The van der Waals surface area contributed by atoms with Gasteiger partial charge in [0.05, 0.1) is 11.7 Å². The van der Waals surface area contributed by atoms with Gasteiger partial charge in [-0.05, 0) is 44.1 Å². The highest BCUT2D eigenvalue weighted by Gasteiger charge is 2.31. The number of hydrogen-bond donors (Lipinski definition) is 0. The van der Waals surface area contributed by atoms with Crippen LogP contribution in [0.1, 0.15) is 26.7 Å². The van der Waals surface area contributed by atoms with E-state index in [1.807, 2.05) is 17.0 Å². The number of carbonyl (C=O) groups excluding carboxylic acids is 1. The molecule has 0 spiro atoms. The van der Waals surface area contributed by atoms with Crippen molar-refractivity contribution in [3.05, 3.63) is 42.5 Å². The Morgan fingerprint density at radius 1 is 1.07 bits per heavy atom. The highest BCUT2D eigenvalue weighted by Crippen LogP contribution is 2.30. The van der Waals surface area contributed by atoms with E-state index in [0.717, 1.165) is 43.2 Å². The van der Waals surface area contributed by atoms with Crippen molar-refractivity contribution >= 4 is 22.4 Å². The molecule has 4 nitrogen and oxygen atoms in total. The number of anilines is 1. The number of likely N-dealkylation sites (N-methyl/N-ethyl adjacent to an activating group) is 1. The summed E-state index contributed by atoms with van der Waals surface area (Å²) in [6.07, 6.45) is 2.82. The fourth-order valence-electron chi connectivity index (χ4n) is 4.27. The summed E-state index contributed by atoms with van der Waals surface area (Å²) < 4.78 is 0. The van der Waals surface area contributed by atoms with E-state index in [-0.39, 0.29) is 11.9 Å². The fraction of sp³-hybridized carbons (Fsp3) is 0.522. The van der Waals surface area contributed by atoms with Gasteiger partial charge in [-0.1, -0.05) is 36.4 Å². The summed E-state index contributed by atoms with van der Waals surface area (Å²) in [6, 6.07) is 14.5. The van der Waals surface area contributed by atoms with Gasteiger partial charge >= 0.3 is 0 Å². The van der Waals surface area contributed by atoms with Gasteiger partial charge in [-0.15, -0.1) is 0 Å². The fourth-order valence-corrected chi connectivity index (χ4v) is 4.27. The largest absolute Gasteiger partial charge is 0.311 e. The third kappa shape index (κ3) is 4.02. The van der Waals surface area contributed by atoms with Crippen LogP contribution in [0, 0.1) is 5.92 Å². The van der Waals surface area contributed by atoms with E-state index in [9.17, 15) is 4.79 Å². The van der Waals surface area contributed by atoms with Crippen molar-refractivity contribution in [3.63, 3.8) is 0 Å². The smallest absolute Gasteiger partial charge is 0.244 e. The van der Waals surface area contributed by atoms with Crippen LogP contribution in [0.25, 0.3) is 10.8 Å². The Kier molecular flexibility index (Phi) is 5.46. The number of amides is 1. The van der Waals surface area contributed by atoms with Gasteiger partial charge in [0.15, 0.2) is 0 Å². The molecule has 27 heavy (non-hydrogen) atoms. The zero-order valence-electron chi connectivity index (χ0n) is 16.6. The molecular weight excluding hydrogens is 334 g/mol. The van der Waals surface area contributed by atoms with Gasteiger partial charge in [-0.2, -0.15) is 0 Å². The second kappa shape index (κ2) is 7.99. The third-order valence-electron chi connectivity index (χ3n) is 6.16. The minimum absolute atomic E-state index is 0.0769. The molecular formula is C23H31N3O. The average Bonchev–Trinajstić information content (AvgIpc) is 3.53. The number of carbonyl (C=O) groups is 1. The van der Waals surface area contributed by atoms with E-state index < -0.39 is 0 Å². The first-order valence-electron chi connectivity index (χ1n) is 10.4. The summed E-state index contributed by atoms with van der Waals surface area (Å²) in [4.78, 5) is 20.3. The maximum atomic E-state index is 13.4. The lowest BCUT2D eigenvalue weighted by molar-refractivity contribution is -0.123. The number of piperazine rings is 1. The highest BCUT2D eigenvalue weighted by atomic mass is 16.2. The lowest BCUT2D eigenvalue weighted by atomic mass is 10.1. The van der Waals surface area contributed by atoms with Crippen LogP contribution >= 0.6 is 0 Å².